The van der Waals surface area contributed by atoms with Crippen molar-refractivity contribution in [2.75, 3.05) is 205 Å². The van der Waals surface area contributed by atoms with E-state index in [0.29, 0.717) is 221 Å². The van der Waals surface area contributed by atoms with Crippen molar-refractivity contribution < 1.29 is 139 Å². The molecule has 0 bridgehead atoms. The number of likely N-dealkylation sites (N-methyl/N-ethyl adjacent to an activating group) is 2. The predicted octanol–water partition coefficient (Wildman–Crippen LogP) is 6.20. The number of carboxylic acid groups (broad SMARTS) is 2. The Bertz CT molecular complexity index is 3650. The van der Waals surface area contributed by atoms with Gasteiger partial charge in [-0.2, -0.15) is 0 Å². The van der Waals surface area contributed by atoms with E-state index in [0.717, 1.165) is 42.6 Å². The van der Waals surface area contributed by atoms with E-state index in [1.807, 2.05) is 65.1 Å². The molecule has 1 unspecified atom stereocenters. The fraction of sp³-hybridized carbons (Fsp3) is 0.736. The maximum atomic E-state index is 15.2. The molecule has 13 atom stereocenters. The summed E-state index contributed by atoms with van der Waals surface area (Å²) in [6.45, 7) is 24.4. The highest BCUT2D eigenvalue weighted by molar-refractivity contribution is 7.09. The summed E-state index contributed by atoms with van der Waals surface area (Å²) < 4.78 is 83.4. The fourth-order valence-electron chi connectivity index (χ4n) is 14.6. The lowest BCUT2D eigenvalue weighted by Gasteiger charge is -2.44. The van der Waals surface area contributed by atoms with Crippen molar-refractivity contribution in [3.05, 3.63) is 75.7 Å². The highest BCUT2D eigenvalue weighted by atomic mass is 32.1. The molecule has 3 heterocycles. The first kappa shape index (κ1) is 112. The number of rotatable bonds is 74. The average molecular weight is 1850 g/mol. The summed E-state index contributed by atoms with van der Waals surface area (Å²) in [5.41, 5.74) is 1.68. The Morgan fingerprint density at radius 3 is 1.74 bits per heavy atom. The van der Waals surface area contributed by atoms with Gasteiger partial charge in [0, 0.05) is 89.3 Å². The van der Waals surface area contributed by atoms with Crippen LogP contribution < -0.4 is 36.6 Å². The van der Waals surface area contributed by atoms with Crippen LogP contribution in [0.2, 0.25) is 0 Å². The molecule has 2 aliphatic heterocycles. The van der Waals surface area contributed by atoms with Crippen LogP contribution >= 0.6 is 11.3 Å². The number of aliphatic carboxylic acids is 2. The molecule has 2 aliphatic rings. The van der Waals surface area contributed by atoms with Crippen LogP contribution in [-0.2, 0) is 118 Å². The number of ether oxygens (including phenoxy) is 15. The van der Waals surface area contributed by atoms with Crippen molar-refractivity contribution in [1.29, 1.82) is 0 Å². The smallest absolute Gasteiger partial charge is 0.333 e. The van der Waals surface area contributed by atoms with E-state index in [2.05, 4.69) is 43.8 Å². The van der Waals surface area contributed by atoms with E-state index in [1.165, 1.54) is 13.0 Å². The number of aliphatic hydroxyl groups excluding tert-OH is 2. The Morgan fingerprint density at radius 2 is 1.21 bits per heavy atom. The van der Waals surface area contributed by atoms with Crippen molar-refractivity contribution in [1.82, 2.24) is 36.5 Å². The van der Waals surface area contributed by atoms with E-state index < -0.39 is 103 Å². The lowest BCUT2D eigenvalue weighted by molar-refractivity contribution is -0.942. The highest BCUT2D eigenvalue weighted by Gasteiger charge is 2.45. The Labute approximate surface area is 764 Å². The number of likely N-dealkylation sites (tertiary alicyclic amines) is 1. The maximum absolute atomic E-state index is 15.2. The number of unbranched alkanes of at least 4 members (excludes halogenated alkanes) is 3. The summed E-state index contributed by atoms with van der Waals surface area (Å²) in [7, 11) is 5.24. The molecule has 37 nitrogen and oxygen atoms in total. The quantitative estimate of drug-likeness (QED) is 0.0171. The second-order valence-electron chi connectivity index (χ2n) is 32.9. The third-order valence-electron chi connectivity index (χ3n) is 22.2. The summed E-state index contributed by atoms with van der Waals surface area (Å²) in [5, 5.41) is 61.5. The van der Waals surface area contributed by atoms with Crippen molar-refractivity contribution >= 4 is 70.4 Å². The fourth-order valence-corrected chi connectivity index (χ4v) is 15.5. The van der Waals surface area contributed by atoms with Gasteiger partial charge in [-0.15, -0.1) is 11.3 Å². The van der Waals surface area contributed by atoms with Gasteiger partial charge >= 0.3 is 17.9 Å². The number of carbonyl (C=O) groups excluding carboxylic acids is 7. The van der Waals surface area contributed by atoms with Gasteiger partial charge in [-0.05, 0) is 93.5 Å². The van der Waals surface area contributed by atoms with E-state index >= 15 is 9.59 Å². The summed E-state index contributed by atoms with van der Waals surface area (Å²) in [6.07, 6.45) is -0.384. The third-order valence-corrected chi connectivity index (χ3v) is 23.1. The predicted molar refractivity (Wildman–Crippen MR) is 479 cm³/mol. The second kappa shape index (κ2) is 65.9. The summed E-state index contributed by atoms with van der Waals surface area (Å²) >= 11 is 1.12. The molecule has 129 heavy (non-hydrogen) atoms. The van der Waals surface area contributed by atoms with Crippen LogP contribution in [0.25, 0.3) is 0 Å². The third kappa shape index (κ3) is 45.6. The number of carboxylic acids is 2. The zero-order chi connectivity index (χ0) is 94.0. The number of quaternary nitrogens is 1. The molecule has 0 aliphatic carbocycles. The van der Waals surface area contributed by atoms with Crippen molar-refractivity contribution in [3.8, 4) is 5.75 Å². The summed E-state index contributed by atoms with van der Waals surface area (Å²) in [6, 6.07) is 10.9. The van der Waals surface area contributed by atoms with Gasteiger partial charge in [0.15, 0.2) is 18.2 Å². The van der Waals surface area contributed by atoms with Crippen LogP contribution in [0.3, 0.4) is 0 Å². The average Bonchev–Trinajstić information content (AvgIpc) is 1.10. The van der Waals surface area contributed by atoms with E-state index in [-0.39, 0.29) is 102 Å². The van der Waals surface area contributed by atoms with Crippen LogP contribution in [0, 0.1) is 17.8 Å². The number of hydrogen-bond acceptors (Lipinski definition) is 29. The second-order valence-corrected chi connectivity index (χ2v) is 33.8. The number of amides is 6. The number of nitrogens with one attached hydrogen (secondary N) is 6. The molecule has 2 aromatic carbocycles. The molecule has 2 saturated heterocycles. The largest absolute Gasteiger partial charge is 0.481 e. The summed E-state index contributed by atoms with van der Waals surface area (Å²) in [5.74, 6) is -6.64. The van der Waals surface area contributed by atoms with Gasteiger partial charge < -0.3 is 133 Å². The number of aromatic nitrogens is 1. The Hall–Kier alpha value is -7.58. The van der Waals surface area contributed by atoms with Gasteiger partial charge in [0.05, 0.1) is 189 Å². The molecular weight excluding hydrogens is 1700 g/mol. The minimum Gasteiger partial charge on any atom is -0.481 e. The molecule has 732 valence electrons. The standard InChI is InChI=1S/C91H149N9O28S/c1-11-13-19-30-92-71(24-17-20-31-93-80(103)29-34-115-37-38-117-41-42-119-45-46-121-49-50-123-53-54-125-56-55-124-52-51-122-48-47-120-44-43-118-40-39-116-36-35-114-10)84(106)94-32-28-81(104)96-72-59-69(26-27-77(72)127-91-83(105)76(102)61-79(128-91)90(112)113)62-100(9)33-21-18-25-75(100)86(108)98-82(65(5)12-2)88(109)99(8)74(64(3)4)60-78(126-67(7)101)87-97-73(63-129-87)85(107)95-70(57-66(6)89(110)111)58-68-22-15-14-16-23-68/h14-16,22-23,26-27,59,63-66,70-71,74-76,78-79,82-83,91-92,102,105H,11-13,17-21,24-25,28-58,60-62H2,1-10H3,(H6-,93,94,95,96,98,103,104,106,107,108,110,111,112,113)/p+1/t65-,66-,70+,71-,74+,75+,76-,78+,79-,82-,83+,91+,100?/m0/s1. The van der Waals surface area contributed by atoms with Crippen LogP contribution in [0.15, 0.2) is 53.9 Å². The first-order valence-corrected chi connectivity index (χ1v) is 46.6. The Kier molecular flexibility index (Phi) is 57.2. The number of nitrogens with zero attached hydrogens (tertiary/aromatic N) is 3. The molecule has 0 radical (unpaired) electrons. The zero-order valence-corrected chi connectivity index (χ0v) is 78.5. The molecule has 38 heteroatoms. The lowest BCUT2D eigenvalue weighted by atomic mass is 9.92. The molecule has 0 spiro atoms. The van der Waals surface area contributed by atoms with Gasteiger partial charge in [0.2, 0.25) is 29.9 Å². The molecule has 2 fully saturated rings. The van der Waals surface area contributed by atoms with Gasteiger partial charge in [0.25, 0.3) is 11.8 Å². The molecule has 0 saturated carbocycles. The topological polar surface area (TPSA) is 461 Å². The van der Waals surface area contributed by atoms with E-state index in [9.17, 15) is 54.0 Å². The van der Waals surface area contributed by atoms with Crippen molar-refractivity contribution in [2.45, 2.75) is 219 Å². The minimum absolute atomic E-state index is 0.0369. The number of methoxy groups -OCH3 is 1. The maximum Gasteiger partial charge on any atom is 0.333 e. The molecule has 10 N–H and O–H groups in total. The van der Waals surface area contributed by atoms with E-state index in [4.69, 9.17) is 71.1 Å². The first-order chi connectivity index (χ1) is 62.2. The van der Waals surface area contributed by atoms with Crippen LogP contribution in [-0.4, -0.2) is 342 Å². The van der Waals surface area contributed by atoms with Gasteiger partial charge in [-0.3, -0.25) is 38.4 Å². The number of piperidine rings is 1. The number of anilines is 1. The molecule has 3 aromatic rings. The Morgan fingerprint density at radius 1 is 0.643 bits per heavy atom. The number of benzene rings is 2. The monoisotopic (exact) mass is 1850 g/mol. The molecule has 5 rings (SSSR count). The van der Waals surface area contributed by atoms with Crippen LogP contribution in [0.4, 0.5) is 5.69 Å². The first-order valence-electron chi connectivity index (χ1n) is 45.8. The number of carbonyl (C=O) groups is 9. The number of aliphatic hydroxyl groups is 2. The number of thiazole rings is 1. The van der Waals surface area contributed by atoms with Crippen molar-refractivity contribution in [2.24, 2.45) is 17.8 Å². The van der Waals surface area contributed by atoms with E-state index in [1.54, 1.807) is 43.5 Å². The van der Waals surface area contributed by atoms with Gasteiger partial charge in [-0.25, -0.2) is 9.78 Å². The Balaban J connectivity index is 1.06. The molecular formula is C91H150N9O28S+. The normalized spacial score (nSPS) is 18.6. The van der Waals surface area contributed by atoms with Gasteiger partial charge in [0.1, 0.15) is 35.1 Å². The minimum atomic E-state index is -1.68. The van der Waals surface area contributed by atoms with Crippen LogP contribution in [0.5, 0.6) is 5.75 Å². The number of hydrogen-bond donors (Lipinski definition) is 10. The number of esters is 1. The zero-order valence-electron chi connectivity index (χ0n) is 77.7. The van der Waals surface area contributed by atoms with Crippen LogP contribution in [0.1, 0.15) is 178 Å². The lowest BCUT2D eigenvalue weighted by Crippen LogP contribution is -2.63. The van der Waals surface area contributed by atoms with Crippen molar-refractivity contribution in [3.63, 3.8) is 0 Å². The summed E-state index contributed by atoms with van der Waals surface area (Å²) in [4.78, 5) is 128. The SMILES string of the molecule is CCCCCN[C@@H](CCCCNC(=O)CCOCCOCCOCCOCCOCCOCCOCCOCCOCCOCCOCCOC)C(=O)NCCC(=O)Nc1cc(C[N+]2(C)CCCC[C@@H]2C(=O)N[C@H](C(=O)N(C)[C@H](C[C@@H](OC(C)=O)c2nc(C(=O)N[C@@H](Cc3ccccc3)C[C@H](C)C(=O)O)cs2)C(C)C)[C@@H](C)CC)ccc1O[C@@H]1O[C@H](C(=O)O)C[C@H](O)[C@H]1O. The van der Waals surface area contributed by atoms with Gasteiger partial charge in [-0.1, -0.05) is 91.1 Å². The molecule has 1 aromatic heterocycles. The molecule has 6 amide bonds. The highest BCUT2D eigenvalue weighted by Crippen LogP contribution is 2.36.